The van der Waals surface area contributed by atoms with Crippen LogP contribution in [0.1, 0.15) is 194 Å². The number of nitrogens with two attached hydrogens (primary N) is 1. The van der Waals surface area contributed by atoms with Crippen molar-refractivity contribution in [3.8, 4) is 0 Å². The number of hydrogen-bond donors (Lipinski definition) is 2. The molecule has 0 saturated heterocycles. The van der Waals surface area contributed by atoms with Crippen LogP contribution in [0.3, 0.4) is 0 Å². The average molecular weight is 718 g/mol. The number of esters is 2. The Morgan fingerprint density at radius 3 is 1.47 bits per heavy atom. The molecule has 0 aromatic rings. The summed E-state index contributed by atoms with van der Waals surface area (Å²) in [5, 5.41) is 0. The van der Waals surface area contributed by atoms with E-state index in [1.165, 1.54) is 116 Å². The predicted octanol–water partition coefficient (Wildman–Crippen LogP) is 11.1. The van der Waals surface area contributed by atoms with E-state index in [1.54, 1.807) is 0 Å². The molecule has 0 spiro atoms. The van der Waals surface area contributed by atoms with Gasteiger partial charge in [0.25, 0.3) is 0 Å². The van der Waals surface area contributed by atoms with E-state index in [9.17, 15) is 19.0 Å². The monoisotopic (exact) mass is 718 g/mol. The van der Waals surface area contributed by atoms with Crippen molar-refractivity contribution >= 4 is 19.8 Å². The molecule has 0 saturated carbocycles. The first-order valence-corrected chi connectivity index (χ1v) is 21.7. The Balaban J connectivity index is 4.20. The molecule has 0 aromatic carbocycles. The minimum Gasteiger partial charge on any atom is -0.462 e. The molecule has 0 fully saturated rings. The molecule has 0 aliphatic carbocycles. The van der Waals surface area contributed by atoms with Crippen LogP contribution in [0.4, 0.5) is 0 Å². The number of carbonyl (C=O) groups is 2. The van der Waals surface area contributed by atoms with Crippen molar-refractivity contribution in [1.82, 2.24) is 0 Å². The second-order valence-corrected chi connectivity index (χ2v) is 15.0. The highest BCUT2D eigenvalue weighted by Gasteiger charge is 2.25. The molecular weight excluding hydrogens is 641 g/mol. The topological polar surface area (TPSA) is 134 Å². The van der Waals surface area contributed by atoms with Gasteiger partial charge in [-0.3, -0.25) is 18.6 Å². The highest BCUT2D eigenvalue weighted by molar-refractivity contribution is 7.47. The van der Waals surface area contributed by atoms with Crippen LogP contribution in [0.2, 0.25) is 0 Å². The zero-order valence-electron chi connectivity index (χ0n) is 31.7. The smallest absolute Gasteiger partial charge is 0.462 e. The van der Waals surface area contributed by atoms with Gasteiger partial charge in [0.15, 0.2) is 6.10 Å². The van der Waals surface area contributed by atoms with Crippen molar-refractivity contribution in [2.24, 2.45) is 5.73 Å². The molecule has 0 radical (unpaired) electrons. The summed E-state index contributed by atoms with van der Waals surface area (Å²) < 4.78 is 32.7. The second-order valence-electron chi connectivity index (χ2n) is 13.5. The quantitative estimate of drug-likeness (QED) is 0.0277. The summed E-state index contributed by atoms with van der Waals surface area (Å²) in [5.74, 6) is -0.840. The largest absolute Gasteiger partial charge is 0.472 e. The molecule has 2 atom stereocenters. The first kappa shape index (κ1) is 47.8. The van der Waals surface area contributed by atoms with Crippen LogP contribution in [-0.4, -0.2) is 49.3 Å². The lowest BCUT2D eigenvalue weighted by atomic mass is 10.0. The number of allylic oxidation sites excluding steroid dienone is 2. The van der Waals surface area contributed by atoms with Gasteiger partial charge in [-0.05, 0) is 38.5 Å². The van der Waals surface area contributed by atoms with Crippen molar-refractivity contribution in [1.29, 1.82) is 0 Å². The molecule has 9 nitrogen and oxygen atoms in total. The van der Waals surface area contributed by atoms with Crippen molar-refractivity contribution < 1.29 is 37.6 Å². The fourth-order valence-corrected chi connectivity index (χ4v) is 6.39. The van der Waals surface area contributed by atoms with E-state index in [0.29, 0.717) is 6.42 Å². The van der Waals surface area contributed by atoms with E-state index >= 15 is 0 Å². The highest BCUT2D eigenvalue weighted by atomic mass is 31.2. The predicted molar refractivity (Wildman–Crippen MR) is 201 cm³/mol. The van der Waals surface area contributed by atoms with Crippen LogP contribution < -0.4 is 5.73 Å². The molecule has 0 heterocycles. The van der Waals surface area contributed by atoms with Gasteiger partial charge < -0.3 is 20.1 Å². The molecule has 0 rings (SSSR count). The summed E-state index contributed by atoms with van der Waals surface area (Å²) >= 11 is 0. The summed E-state index contributed by atoms with van der Waals surface area (Å²) in [6.45, 7) is 3.72. The zero-order chi connectivity index (χ0) is 36.1. The van der Waals surface area contributed by atoms with Gasteiger partial charge in [0.2, 0.25) is 0 Å². The fraction of sp³-hybridized carbons (Fsp3) is 0.897. The van der Waals surface area contributed by atoms with E-state index in [4.69, 9.17) is 24.3 Å². The molecule has 1 unspecified atom stereocenters. The zero-order valence-corrected chi connectivity index (χ0v) is 32.6. The van der Waals surface area contributed by atoms with Crippen molar-refractivity contribution in [2.75, 3.05) is 26.4 Å². The maximum absolute atomic E-state index is 12.5. The molecular formula is C39H76NO8P. The Morgan fingerprint density at radius 1 is 0.592 bits per heavy atom. The van der Waals surface area contributed by atoms with E-state index < -0.39 is 26.5 Å². The maximum atomic E-state index is 12.5. The Kier molecular flexibility index (Phi) is 35.6. The second kappa shape index (κ2) is 36.5. The lowest BCUT2D eigenvalue weighted by molar-refractivity contribution is -0.161. The third-order valence-electron chi connectivity index (χ3n) is 8.65. The van der Waals surface area contributed by atoms with Gasteiger partial charge in [-0.2, -0.15) is 0 Å². The van der Waals surface area contributed by atoms with Crippen molar-refractivity contribution in [3.05, 3.63) is 12.2 Å². The van der Waals surface area contributed by atoms with Crippen LogP contribution in [0, 0.1) is 0 Å². The molecule has 0 amide bonds. The number of ether oxygens (including phenoxy) is 2. The first-order valence-electron chi connectivity index (χ1n) is 20.2. The van der Waals surface area contributed by atoms with Crippen LogP contribution >= 0.6 is 7.82 Å². The maximum Gasteiger partial charge on any atom is 0.472 e. The van der Waals surface area contributed by atoms with Gasteiger partial charge in [-0.15, -0.1) is 0 Å². The van der Waals surface area contributed by atoms with Gasteiger partial charge >= 0.3 is 19.8 Å². The van der Waals surface area contributed by atoms with Crippen LogP contribution in [0.25, 0.3) is 0 Å². The first-order chi connectivity index (χ1) is 23.8. The van der Waals surface area contributed by atoms with Gasteiger partial charge in [0.1, 0.15) is 6.61 Å². The van der Waals surface area contributed by atoms with Gasteiger partial charge in [0.05, 0.1) is 13.2 Å². The summed E-state index contributed by atoms with van der Waals surface area (Å²) in [7, 11) is -4.37. The minimum absolute atomic E-state index is 0.0537. The van der Waals surface area contributed by atoms with E-state index in [1.807, 2.05) is 0 Å². The van der Waals surface area contributed by atoms with Crippen LogP contribution in [0.5, 0.6) is 0 Å². The third-order valence-corrected chi connectivity index (χ3v) is 9.64. The summed E-state index contributed by atoms with van der Waals surface area (Å²) in [4.78, 5) is 34.7. The fourth-order valence-electron chi connectivity index (χ4n) is 5.63. The Hall–Kier alpha value is -1.25. The molecule has 0 aliphatic rings. The average Bonchev–Trinajstić information content (AvgIpc) is 3.08. The normalized spacial score (nSPS) is 13.5. The molecule has 49 heavy (non-hydrogen) atoms. The lowest BCUT2D eigenvalue weighted by Crippen LogP contribution is -2.29. The van der Waals surface area contributed by atoms with E-state index in [-0.39, 0.29) is 38.6 Å². The Morgan fingerprint density at radius 2 is 1.00 bits per heavy atom. The molecule has 10 heteroatoms. The number of rotatable bonds is 38. The minimum atomic E-state index is -4.37. The molecule has 0 aromatic heterocycles. The molecule has 290 valence electrons. The standard InChI is InChI=1S/C39H76NO8P/c1-3-5-7-9-11-13-15-17-18-20-22-24-26-28-30-32-39(42)48-37(36-47-49(43,44)46-34-33-40)35-45-38(41)31-29-27-25-23-21-19-16-14-12-10-8-6-4-2/h20,22,37H,3-19,21,23-36,40H2,1-2H3,(H,43,44)/b22-20+/t37-/m1/s1. The summed E-state index contributed by atoms with van der Waals surface area (Å²) in [6.07, 6.45) is 35.2. The Bertz CT molecular complexity index is 825. The highest BCUT2D eigenvalue weighted by Crippen LogP contribution is 2.43. The summed E-state index contributed by atoms with van der Waals surface area (Å²) in [6, 6.07) is 0. The third kappa shape index (κ3) is 36.3. The summed E-state index contributed by atoms with van der Waals surface area (Å²) in [5.41, 5.74) is 5.33. The molecule has 3 N–H and O–H groups in total. The SMILES string of the molecule is CCCCCCCCCC/C=C/CCCCCC(=O)O[C@H](COC(=O)CCCCCCCCCCCCCCC)COP(=O)(O)OCCN. The molecule has 0 bridgehead atoms. The lowest BCUT2D eigenvalue weighted by Gasteiger charge is -2.19. The number of unbranched alkanes of at least 4 members (excludes halogenated alkanes) is 23. The van der Waals surface area contributed by atoms with Crippen LogP contribution in [-0.2, 0) is 32.7 Å². The Labute approximate surface area is 300 Å². The number of hydrogen-bond acceptors (Lipinski definition) is 8. The number of phosphoric acid groups is 1. The van der Waals surface area contributed by atoms with E-state index in [2.05, 4.69) is 26.0 Å². The van der Waals surface area contributed by atoms with Gasteiger partial charge in [0, 0.05) is 19.4 Å². The van der Waals surface area contributed by atoms with E-state index in [0.717, 1.165) is 44.9 Å². The van der Waals surface area contributed by atoms with Crippen LogP contribution in [0.15, 0.2) is 12.2 Å². The van der Waals surface area contributed by atoms with Crippen molar-refractivity contribution in [2.45, 2.75) is 200 Å². The molecule has 0 aliphatic heterocycles. The number of phosphoric ester groups is 1. The van der Waals surface area contributed by atoms with Gasteiger partial charge in [-0.1, -0.05) is 154 Å². The number of carbonyl (C=O) groups excluding carboxylic acids is 2. The van der Waals surface area contributed by atoms with Gasteiger partial charge in [-0.25, -0.2) is 4.57 Å². The van der Waals surface area contributed by atoms with Crippen molar-refractivity contribution in [3.63, 3.8) is 0 Å².